The molecule has 1 aliphatic carbocycles. The highest BCUT2D eigenvalue weighted by Gasteiger charge is 2.43. The first-order valence-corrected chi connectivity index (χ1v) is 8.65. The lowest BCUT2D eigenvalue weighted by molar-refractivity contribution is -0.0829. The van der Waals surface area contributed by atoms with Gasteiger partial charge >= 0.3 is 0 Å². The van der Waals surface area contributed by atoms with E-state index in [1.165, 1.54) is 44.9 Å². The minimum atomic E-state index is 0.262. The molecule has 0 bridgehead atoms. The van der Waals surface area contributed by atoms with Crippen molar-refractivity contribution in [1.82, 2.24) is 10.2 Å². The molecule has 3 nitrogen and oxygen atoms in total. The van der Waals surface area contributed by atoms with E-state index < -0.39 is 0 Å². The van der Waals surface area contributed by atoms with Gasteiger partial charge in [0.25, 0.3) is 0 Å². The summed E-state index contributed by atoms with van der Waals surface area (Å²) in [6.45, 7) is 10.4. The summed E-state index contributed by atoms with van der Waals surface area (Å²) in [5, 5.41) is 3.60. The van der Waals surface area contributed by atoms with Crippen molar-refractivity contribution >= 4 is 0 Å². The van der Waals surface area contributed by atoms with E-state index >= 15 is 0 Å². The van der Waals surface area contributed by atoms with Crippen LogP contribution >= 0.6 is 0 Å². The van der Waals surface area contributed by atoms with E-state index in [-0.39, 0.29) is 11.1 Å². The van der Waals surface area contributed by atoms with Crippen LogP contribution in [0.2, 0.25) is 0 Å². The average molecular weight is 280 g/mol. The van der Waals surface area contributed by atoms with Gasteiger partial charge in [-0.15, -0.1) is 0 Å². The highest BCUT2D eigenvalue weighted by molar-refractivity contribution is 4.96. The highest BCUT2D eigenvalue weighted by atomic mass is 16.5. The largest absolute Gasteiger partial charge is 0.370 e. The van der Waals surface area contributed by atoms with Crippen LogP contribution in [0.1, 0.15) is 65.7 Å². The third-order valence-electron chi connectivity index (χ3n) is 5.76. The predicted molar refractivity (Wildman–Crippen MR) is 83.0 cm³/mol. The van der Waals surface area contributed by atoms with Gasteiger partial charge in [0.05, 0.1) is 11.7 Å². The molecular formula is C17H32N2O. The monoisotopic (exact) mass is 280 g/mol. The zero-order chi connectivity index (χ0) is 14.2. The van der Waals surface area contributed by atoms with Crippen LogP contribution in [0, 0.1) is 0 Å². The first kappa shape index (κ1) is 14.8. The van der Waals surface area contributed by atoms with Gasteiger partial charge in [0.2, 0.25) is 0 Å². The summed E-state index contributed by atoms with van der Waals surface area (Å²) in [6.07, 6.45) is 9.84. The fourth-order valence-electron chi connectivity index (χ4n) is 4.33. The predicted octanol–water partition coefficient (Wildman–Crippen LogP) is 2.94. The van der Waals surface area contributed by atoms with Crippen LogP contribution in [-0.2, 0) is 4.74 Å². The second kappa shape index (κ2) is 5.58. The van der Waals surface area contributed by atoms with E-state index in [4.69, 9.17) is 4.74 Å². The summed E-state index contributed by atoms with van der Waals surface area (Å²) in [7, 11) is 0. The van der Waals surface area contributed by atoms with E-state index in [1.807, 2.05) is 0 Å². The van der Waals surface area contributed by atoms with E-state index in [0.29, 0.717) is 12.1 Å². The van der Waals surface area contributed by atoms with Crippen molar-refractivity contribution in [3.05, 3.63) is 0 Å². The van der Waals surface area contributed by atoms with Crippen molar-refractivity contribution in [3.63, 3.8) is 0 Å². The van der Waals surface area contributed by atoms with Crippen LogP contribution in [-0.4, -0.2) is 47.8 Å². The molecule has 1 saturated carbocycles. The van der Waals surface area contributed by atoms with Crippen molar-refractivity contribution in [2.75, 3.05) is 19.6 Å². The molecule has 2 aliphatic heterocycles. The van der Waals surface area contributed by atoms with Gasteiger partial charge in [0.15, 0.2) is 0 Å². The number of hydrogen-bond acceptors (Lipinski definition) is 3. The molecule has 3 rings (SSSR count). The third kappa shape index (κ3) is 3.05. The van der Waals surface area contributed by atoms with Crippen molar-refractivity contribution in [3.8, 4) is 0 Å². The molecule has 116 valence electrons. The lowest BCUT2D eigenvalue weighted by Gasteiger charge is -2.46. The molecule has 3 heteroatoms. The molecule has 0 aromatic heterocycles. The summed E-state index contributed by atoms with van der Waals surface area (Å²) in [5.74, 6) is 0. The Labute approximate surface area is 124 Å². The fraction of sp³-hybridized carbons (Fsp3) is 1.00. The quantitative estimate of drug-likeness (QED) is 0.841. The maximum absolute atomic E-state index is 6.56. The van der Waals surface area contributed by atoms with Crippen molar-refractivity contribution < 1.29 is 4.74 Å². The maximum Gasteiger partial charge on any atom is 0.0710 e. The van der Waals surface area contributed by atoms with E-state index in [9.17, 15) is 0 Å². The van der Waals surface area contributed by atoms with Crippen molar-refractivity contribution in [2.24, 2.45) is 0 Å². The molecule has 20 heavy (non-hydrogen) atoms. The minimum absolute atomic E-state index is 0.262. The number of hydrogen-bond donors (Lipinski definition) is 1. The van der Waals surface area contributed by atoms with Gasteiger partial charge in [-0.2, -0.15) is 0 Å². The van der Waals surface area contributed by atoms with Gasteiger partial charge < -0.3 is 10.1 Å². The Kier molecular flexibility index (Phi) is 4.13. The highest BCUT2D eigenvalue weighted by Crippen LogP contribution is 2.42. The van der Waals surface area contributed by atoms with E-state index in [0.717, 1.165) is 19.6 Å². The van der Waals surface area contributed by atoms with Gasteiger partial charge in [-0.3, -0.25) is 4.90 Å². The SMILES string of the molecule is CC1CN(CC2CCC3(CCCCC3)O2)C(C)(C)CN1. The Balaban J connectivity index is 1.58. The second-order valence-corrected chi connectivity index (χ2v) is 8.02. The summed E-state index contributed by atoms with van der Waals surface area (Å²) in [6, 6.07) is 0.605. The molecule has 0 amide bonds. The molecule has 0 aromatic carbocycles. The standard InChI is InChI=1S/C17H32N2O/c1-14-11-19(16(2,3)13-18-14)12-15-7-10-17(20-15)8-5-4-6-9-17/h14-15,18H,4-13H2,1-3H3. The van der Waals surface area contributed by atoms with Crippen LogP contribution in [0.3, 0.4) is 0 Å². The van der Waals surface area contributed by atoms with E-state index in [2.05, 4.69) is 31.0 Å². The molecule has 2 saturated heterocycles. The van der Waals surface area contributed by atoms with Crippen LogP contribution in [0.5, 0.6) is 0 Å². The molecule has 3 fully saturated rings. The number of nitrogens with one attached hydrogen (secondary N) is 1. The Morgan fingerprint density at radius 3 is 2.65 bits per heavy atom. The van der Waals surface area contributed by atoms with Gasteiger partial charge in [0.1, 0.15) is 0 Å². The van der Waals surface area contributed by atoms with Gasteiger partial charge in [-0.05, 0) is 46.5 Å². The first-order valence-electron chi connectivity index (χ1n) is 8.65. The van der Waals surface area contributed by atoms with Crippen LogP contribution in [0.15, 0.2) is 0 Å². The molecule has 1 N–H and O–H groups in total. The first-order chi connectivity index (χ1) is 9.49. The molecule has 2 unspecified atom stereocenters. The second-order valence-electron chi connectivity index (χ2n) is 8.02. The molecule has 2 atom stereocenters. The molecule has 2 heterocycles. The Morgan fingerprint density at radius 2 is 1.90 bits per heavy atom. The average Bonchev–Trinajstić information content (AvgIpc) is 2.78. The molecule has 1 spiro atoms. The van der Waals surface area contributed by atoms with Gasteiger partial charge in [-0.1, -0.05) is 19.3 Å². The van der Waals surface area contributed by atoms with Crippen molar-refractivity contribution in [2.45, 2.75) is 89.0 Å². The normalized spacial score (nSPS) is 37.4. The summed E-state index contributed by atoms with van der Waals surface area (Å²) >= 11 is 0. The Morgan fingerprint density at radius 1 is 1.15 bits per heavy atom. The number of rotatable bonds is 2. The zero-order valence-electron chi connectivity index (χ0n) is 13.6. The smallest absolute Gasteiger partial charge is 0.0710 e. The lowest BCUT2D eigenvalue weighted by atomic mass is 9.83. The molecule has 0 radical (unpaired) electrons. The van der Waals surface area contributed by atoms with E-state index in [1.54, 1.807) is 0 Å². The molecular weight excluding hydrogens is 248 g/mol. The lowest BCUT2D eigenvalue weighted by Crippen LogP contribution is -2.62. The molecule has 3 aliphatic rings. The summed E-state index contributed by atoms with van der Waals surface area (Å²) in [4.78, 5) is 2.65. The number of piperazine rings is 1. The zero-order valence-corrected chi connectivity index (χ0v) is 13.6. The van der Waals surface area contributed by atoms with Crippen LogP contribution in [0.25, 0.3) is 0 Å². The van der Waals surface area contributed by atoms with Gasteiger partial charge in [0, 0.05) is 31.2 Å². The summed E-state index contributed by atoms with van der Waals surface area (Å²) in [5.41, 5.74) is 0.533. The summed E-state index contributed by atoms with van der Waals surface area (Å²) < 4.78 is 6.56. The maximum atomic E-state index is 6.56. The topological polar surface area (TPSA) is 24.5 Å². The van der Waals surface area contributed by atoms with Crippen LogP contribution < -0.4 is 5.32 Å². The fourth-order valence-corrected chi connectivity index (χ4v) is 4.33. The third-order valence-corrected chi connectivity index (χ3v) is 5.76. The Hall–Kier alpha value is -0.120. The minimum Gasteiger partial charge on any atom is -0.370 e. The number of ether oxygens (including phenoxy) is 1. The van der Waals surface area contributed by atoms with Crippen molar-refractivity contribution in [1.29, 1.82) is 0 Å². The van der Waals surface area contributed by atoms with Gasteiger partial charge in [-0.25, -0.2) is 0 Å². The molecule has 0 aromatic rings. The van der Waals surface area contributed by atoms with Crippen LogP contribution in [0.4, 0.5) is 0 Å². The number of nitrogens with zero attached hydrogens (tertiary/aromatic N) is 1. The Bertz CT molecular complexity index is 336.